The van der Waals surface area contributed by atoms with Gasteiger partial charge >= 0.3 is 11.8 Å². The van der Waals surface area contributed by atoms with E-state index in [1.165, 1.54) is 28.9 Å². The van der Waals surface area contributed by atoms with E-state index in [1.54, 1.807) is 4.90 Å². The van der Waals surface area contributed by atoms with Crippen molar-refractivity contribution in [3.63, 3.8) is 0 Å². The van der Waals surface area contributed by atoms with Crippen LogP contribution in [0.3, 0.4) is 0 Å². The van der Waals surface area contributed by atoms with E-state index < -0.39 is 11.8 Å². The number of rotatable bonds is 3. The lowest BCUT2D eigenvalue weighted by Crippen LogP contribution is -2.52. The van der Waals surface area contributed by atoms with Crippen molar-refractivity contribution in [3.8, 4) is 0 Å². The van der Waals surface area contributed by atoms with E-state index in [0.717, 1.165) is 24.8 Å². The molecule has 0 saturated carbocycles. The molecule has 134 valence electrons. The van der Waals surface area contributed by atoms with Gasteiger partial charge in [-0.1, -0.05) is 18.2 Å². The van der Waals surface area contributed by atoms with Gasteiger partial charge in [-0.3, -0.25) is 14.4 Å². The molecule has 3 rings (SSSR count). The van der Waals surface area contributed by atoms with Crippen molar-refractivity contribution in [2.75, 3.05) is 26.2 Å². The lowest BCUT2D eigenvalue weighted by molar-refractivity contribution is -0.147. The Balaban J connectivity index is 1.58. The number of benzene rings is 1. The van der Waals surface area contributed by atoms with E-state index in [4.69, 9.17) is 0 Å². The highest BCUT2D eigenvalue weighted by molar-refractivity contribution is 6.35. The summed E-state index contributed by atoms with van der Waals surface area (Å²) in [4.78, 5) is 38.4. The number of carbonyl (C=O) groups is 3. The summed E-state index contributed by atoms with van der Waals surface area (Å²) >= 11 is 0. The summed E-state index contributed by atoms with van der Waals surface area (Å²) in [6, 6.07) is 6.14. The van der Waals surface area contributed by atoms with Gasteiger partial charge in [-0.25, -0.2) is 0 Å². The molecule has 1 saturated heterocycles. The van der Waals surface area contributed by atoms with E-state index in [0.29, 0.717) is 26.2 Å². The maximum Gasteiger partial charge on any atom is 0.312 e. The number of amides is 3. The second kappa shape index (κ2) is 7.68. The molecule has 0 aromatic heterocycles. The molecule has 1 aromatic rings. The summed E-state index contributed by atoms with van der Waals surface area (Å²) in [5.41, 5.74) is 3.80. The van der Waals surface area contributed by atoms with Gasteiger partial charge in [-0.05, 0) is 49.3 Å². The molecule has 6 nitrogen and oxygen atoms in total. The fraction of sp³-hybridized carbons (Fsp3) is 0.526. The van der Waals surface area contributed by atoms with Crippen LogP contribution < -0.4 is 5.32 Å². The molecule has 25 heavy (non-hydrogen) atoms. The number of fused-ring (bicyclic) bond motifs is 1. The number of hydrogen-bond acceptors (Lipinski definition) is 3. The lowest BCUT2D eigenvalue weighted by atomic mass is 9.89. The van der Waals surface area contributed by atoms with Crippen LogP contribution in [-0.4, -0.2) is 54.2 Å². The van der Waals surface area contributed by atoms with Crippen LogP contribution in [0.4, 0.5) is 0 Å². The van der Waals surface area contributed by atoms with E-state index in [2.05, 4.69) is 17.4 Å². The van der Waals surface area contributed by atoms with Crippen molar-refractivity contribution in [2.45, 2.75) is 38.6 Å². The third-order valence-corrected chi connectivity index (χ3v) is 5.16. The van der Waals surface area contributed by atoms with E-state index in [-0.39, 0.29) is 6.04 Å². The van der Waals surface area contributed by atoms with Gasteiger partial charge in [0.2, 0.25) is 6.41 Å². The Kier molecular flexibility index (Phi) is 5.36. The summed E-state index contributed by atoms with van der Waals surface area (Å²) in [5, 5.41) is 2.81. The number of hydrogen-bond donors (Lipinski definition) is 1. The zero-order valence-electron chi connectivity index (χ0n) is 14.7. The fourth-order valence-electron chi connectivity index (χ4n) is 3.54. The van der Waals surface area contributed by atoms with Gasteiger partial charge in [0.25, 0.3) is 0 Å². The van der Waals surface area contributed by atoms with E-state index in [9.17, 15) is 14.4 Å². The fourth-order valence-corrected chi connectivity index (χ4v) is 3.54. The first kappa shape index (κ1) is 17.5. The number of aryl methyl sites for hydroxylation is 2. The monoisotopic (exact) mass is 343 g/mol. The highest BCUT2D eigenvalue weighted by Gasteiger charge is 2.26. The lowest BCUT2D eigenvalue weighted by Gasteiger charge is -2.32. The molecule has 0 radical (unpaired) electrons. The standard InChI is InChI=1S/C19H25N3O3/c1-14(16-7-6-15-4-2-3-5-17(15)12-16)20-18(24)19(25)22-10-8-21(13-23)9-11-22/h6-7,12-14H,2-5,8-11H2,1H3,(H,20,24). The predicted octanol–water partition coefficient (Wildman–Crippen LogP) is 1.04. The molecule has 0 spiro atoms. The molecule has 0 bridgehead atoms. The number of piperazine rings is 1. The van der Waals surface area contributed by atoms with Crippen LogP contribution in [0.1, 0.15) is 42.5 Å². The average molecular weight is 343 g/mol. The van der Waals surface area contributed by atoms with Gasteiger partial charge in [-0.2, -0.15) is 0 Å². The van der Waals surface area contributed by atoms with Gasteiger partial charge in [-0.15, -0.1) is 0 Å². The zero-order valence-corrected chi connectivity index (χ0v) is 14.7. The number of nitrogens with zero attached hydrogens (tertiary/aromatic N) is 2. The SMILES string of the molecule is CC(NC(=O)C(=O)N1CCN(C=O)CC1)c1ccc2c(c1)CCCC2. The van der Waals surface area contributed by atoms with Crippen molar-refractivity contribution in [1.29, 1.82) is 0 Å². The minimum Gasteiger partial charge on any atom is -0.342 e. The van der Waals surface area contributed by atoms with Crippen LogP contribution >= 0.6 is 0 Å². The van der Waals surface area contributed by atoms with Crippen LogP contribution in [0.25, 0.3) is 0 Å². The van der Waals surface area contributed by atoms with E-state index in [1.807, 2.05) is 13.0 Å². The first-order chi connectivity index (χ1) is 12.1. The minimum absolute atomic E-state index is 0.208. The maximum absolute atomic E-state index is 12.3. The average Bonchev–Trinajstić information content (AvgIpc) is 2.67. The maximum atomic E-state index is 12.3. The largest absolute Gasteiger partial charge is 0.342 e. The Morgan fingerprint density at radius 1 is 1.08 bits per heavy atom. The molecule has 1 atom stereocenters. The smallest absolute Gasteiger partial charge is 0.312 e. The molecule has 3 amide bonds. The van der Waals surface area contributed by atoms with Crippen molar-refractivity contribution < 1.29 is 14.4 Å². The first-order valence-electron chi connectivity index (χ1n) is 8.99. The summed E-state index contributed by atoms with van der Waals surface area (Å²) in [6.45, 7) is 3.66. The summed E-state index contributed by atoms with van der Waals surface area (Å²) in [7, 11) is 0. The minimum atomic E-state index is -0.579. The van der Waals surface area contributed by atoms with Gasteiger partial charge < -0.3 is 15.1 Å². The zero-order chi connectivity index (χ0) is 17.8. The molecule has 2 aliphatic rings. The number of nitrogens with one attached hydrogen (secondary N) is 1. The molecule has 1 unspecified atom stereocenters. The van der Waals surface area contributed by atoms with Crippen LogP contribution in [0.15, 0.2) is 18.2 Å². The van der Waals surface area contributed by atoms with Gasteiger partial charge in [0, 0.05) is 26.2 Å². The predicted molar refractivity (Wildman–Crippen MR) is 93.9 cm³/mol. The van der Waals surface area contributed by atoms with Crippen molar-refractivity contribution in [3.05, 3.63) is 34.9 Å². The highest BCUT2D eigenvalue weighted by atomic mass is 16.2. The number of carbonyl (C=O) groups excluding carboxylic acids is 3. The molecule has 1 aliphatic carbocycles. The third kappa shape index (κ3) is 4.00. The van der Waals surface area contributed by atoms with Crippen molar-refractivity contribution in [2.24, 2.45) is 0 Å². The van der Waals surface area contributed by atoms with Crippen molar-refractivity contribution in [1.82, 2.24) is 15.1 Å². The molecular weight excluding hydrogens is 318 g/mol. The normalized spacial score (nSPS) is 18.3. The Hall–Kier alpha value is -2.37. The highest BCUT2D eigenvalue weighted by Crippen LogP contribution is 2.24. The van der Waals surface area contributed by atoms with Crippen molar-refractivity contribution >= 4 is 18.2 Å². The molecule has 1 heterocycles. The molecule has 1 N–H and O–H groups in total. The Morgan fingerprint density at radius 3 is 2.44 bits per heavy atom. The Morgan fingerprint density at radius 2 is 1.76 bits per heavy atom. The quantitative estimate of drug-likeness (QED) is 0.659. The second-order valence-corrected chi connectivity index (χ2v) is 6.86. The Labute approximate surface area is 148 Å². The molecule has 1 aliphatic heterocycles. The molecular formula is C19H25N3O3. The van der Waals surface area contributed by atoms with Gasteiger partial charge in [0.1, 0.15) is 0 Å². The third-order valence-electron chi connectivity index (χ3n) is 5.16. The van der Waals surface area contributed by atoms with Crippen LogP contribution in [-0.2, 0) is 27.2 Å². The molecule has 1 aromatic carbocycles. The van der Waals surface area contributed by atoms with Gasteiger partial charge in [0.05, 0.1) is 6.04 Å². The van der Waals surface area contributed by atoms with Crippen LogP contribution in [0.2, 0.25) is 0 Å². The topological polar surface area (TPSA) is 69.7 Å². The molecule has 6 heteroatoms. The Bertz CT molecular complexity index is 666. The van der Waals surface area contributed by atoms with Crippen LogP contribution in [0, 0.1) is 0 Å². The summed E-state index contributed by atoms with van der Waals surface area (Å²) in [5.74, 6) is -1.10. The van der Waals surface area contributed by atoms with Crippen LogP contribution in [0.5, 0.6) is 0 Å². The second-order valence-electron chi connectivity index (χ2n) is 6.86. The van der Waals surface area contributed by atoms with Gasteiger partial charge in [0.15, 0.2) is 0 Å². The summed E-state index contributed by atoms with van der Waals surface area (Å²) < 4.78 is 0. The molecule has 1 fully saturated rings. The first-order valence-corrected chi connectivity index (χ1v) is 8.99. The van der Waals surface area contributed by atoms with E-state index >= 15 is 0 Å². The summed E-state index contributed by atoms with van der Waals surface area (Å²) in [6.07, 6.45) is 5.44.